The van der Waals surface area contributed by atoms with Gasteiger partial charge in [-0.1, -0.05) is 105 Å². The zero-order valence-corrected chi connectivity index (χ0v) is 30.7. The van der Waals surface area contributed by atoms with Gasteiger partial charge in [0.2, 0.25) is 0 Å². The third kappa shape index (κ3) is 9.17. The van der Waals surface area contributed by atoms with Gasteiger partial charge in [0.05, 0.1) is 24.2 Å². The number of ether oxygens (including phenoxy) is 2. The first-order valence-electron chi connectivity index (χ1n) is 17.5. The SMILES string of the molecule is c1cc(-c2cnc3c(ccc4cc(-c5ccc(OCCCCCC6CCSS6)cc5)cnc43)c2)ccc1OCCCCCC1CCSS1. The minimum Gasteiger partial charge on any atom is -0.494 e. The Labute approximate surface area is 301 Å². The van der Waals surface area contributed by atoms with Crippen LogP contribution in [0.4, 0.5) is 0 Å². The molecule has 2 fully saturated rings. The lowest BCUT2D eigenvalue weighted by Gasteiger charge is -2.10. The molecular weight excluding hydrogens is 669 g/mol. The number of hydrogen-bond acceptors (Lipinski definition) is 8. The van der Waals surface area contributed by atoms with Gasteiger partial charge < -0.3 is 9.47 Å². The van der Waals surface area contributed by atoms with Crippen LogP contribution in [0.5, 0.6) is 11.5 Å². The van der Waals surface area contributed by atoms with Crippen molar-refractivity contribution in [3.63, 3.8) is 0 Å². The van der Waals surface area contributed by atoms with Gasteiger partial charge in [-0.2, -0.15) is 0 Å². The van der Waals surface area contributed by atoms with Crippen molar-refractivity contribution in [2.24, 2.45) is 0 Å². The van der Waals surface area contributed by atoms with Gasteiger partial charge in [0, 0.05) is 56.3 Å². The number of aromatic nitrogens is 2. The molecule has 2 unspecified atom stereocenters. The van der Waals surface area contributed by atoms with Crippen LogP contribution < -0.4 is 9.47 Å². The fourth-order valence-corrected chi connectivity index (χ4v) is 12.5. The molecule has 2 aliphatic heterocycles. The van der Waals surface area contributed by atoms with E-state index in [1.165, 1.54) is 62.9 Å². The molecule has 2 aliphatic rings. The van der Waals surface area contributed by atoms with Crippen LogP contribution in [0.1, 0.15) is 64.2 Å². The Balaban J connectivity index is 0.907. The van der Waals surface area contributed by atoms with Gasteiger partial charge in [-0.05, 0) is 86.1 Å². The number of hydrogen-bond donors (Lipinski definition) is 0. The third-order valence-corrected chi connectivity index (χ3v) is 15.2. The fraction of sp³-hybridized carbons (Fsp3) is 0.400. The molecule has 48 heavy (non-hydrogen) atoms. The monoisotopic (exact) mass is 712 g/mol. The fourth-order valence-electron chi connectivity index (χ4n) is 6.41. The number of pyridine rings is 2. The van der Waals surface area contributed by atoms with E-state index in [9.17, 15) is 0 Å². The smallest absolute Gasteiger partial charge is 0.119 e. The Morgan fingerprint density at radius 2 is 0.979 bits per heavy atom. The van der Waals surface area contributed by atoms with Crippen molar-refractivity contribution < 1.29 is 9.47 Å². The molecule has 5 aromatic rings. The molecule has 4 nitrogen and oxygen atoms in total. The van der Waals surface area contributed by atoms with Crippen molar-refractivity contribution in [1.29, 1.82) is 0 Å². The Morgan fingerprint density at radius 1 is 0.521 bits per heavy atom. The highest BCUT2D eigenvalue weighted by molar-refractivity contribution is 8.77. The molecule has 0 N–H and O–H groups in total. The van der Waals surface area contributed by atoms with E-state index in [4.69, 9.17) is 19.4 Å². The van der Waals surface area contributed by atoms with Crippen molar-refractivity contribution in [1.82, 2.24) is 9.97 Å². The van der Waals surface area contributed by atoms with Gasteiger partial charge in [0.15, 0.2) is 0 Å². The second-order valence-corrected chi connectivity index (χ2v) is 18.3. The summed E-state index contributed by atoms with van der Waals surface area (Å²) in [5, 5.41) is 3.93. The molecule has 4 heterocycles. The van der Waals surface area contributed by atoms with E-state index < -0.39 is 0 Å². The second kappa shape index (κ2) is 17.4. The summed E-state index contributed by atoms with van der Waals surface area (Å²) in [5.41, 5.74) is 6.32. The van der Waals surface area contributed by atoms with Crippen LogP contribution in [-0.4, -0.2) is 45.2 Å². The maximum absolute atomic E-state index is 6.03. The molecule has 2 aromatic heterocycles. The normalized spacial score (nSPS) is 17.8. The minimum absolute atomic E-state index is 0.782. The first-order valence-corrected chi connectivity index (χ1v) is 22.3. The van der Waals surface area contributed by atoms with Gasteiger partial charge in [-0.15, -0.1) is 0 Å². The van der Waals surface area contributed by atoms with E-state index in [0.717, 1.165) is 92.1 Å². The quantitative estimate of drug-likeness (QED) is 0.0569. The summed E-state index contributed by atoms with van der Waals surface area (Å²) in [4.78, 5) is 9.76. The lowest BCUT2D eigenvalue weighted by molar-refractivity contribution is 0.304. The van der Waals surface area contributed by atoms with Crippen LogP contribution >= 0.6 is 43.2 Å². The van der Waals surface area contributed by atoms with E-state index in [1.807, 2.05) is 34.0 Å². The summed E-state index contributed by atoms with van der Waals surface area (Å²) in [5.74, 6) is 4.51. The second-order valence-electron chi connectivity index (χ2n) is 12.8. The maximum Gasteiger partial charge on any atom is 0.119 e. The molecule has 3 aromatic carbocycles. The van der Waals surface area contributed by atoms with Crippen LogP contribution in [0, 0.1) is 0 Å². The van der Waals surface area contributed by atoms with Crippen molar-refractivity contribution >= 4 is 65.0 Å². The average Bonchev–Trinajstić information content (AvgIpc) is 3.86. The van der Waals surface area contributed by atoms with E-state index in [1.54, 1.807) is 0 Å². The zero-order chi connectivity index (χ0) is 32.4. The molecule has 2 saturated heterocycles. The molecule has 250 valence electrons. The Morgan fingerprint density at radius 3 is 1.40 bits per heavy atom. The van der Waals surface area contributed by atoms with Crippen LogP contribution in [0.3, 0.4) is 0 Å². The van der Waals surface area contributed by atoms with E-state index in [-0.39, 0.29) is 0 Å². The summed E-state index contributed by atoms with van der Waals surface area (Å²) in [7, 11) is 8.23. The van der Waals surface area contributed by atoms with Gasteiger partial charge in [0.1, 0.15) is 11.5 Å². The highest BCUT2D eigenvalue weighted by Crippen LogP contribution is 2.41. The topological polar surface area (TPSA) is 44.2 Å². The Bertz CT molecular complexity index is 1620. The van der Waals surface area contributed by atoms with Gasteiger partial charge in [-0.3, -0.25) is 9.97 Å². The molecule has 0 amide bonds. The summed E-state index contributed by atoms with van der Waals surface area (Å²) in [6.45, 7) is 1.56. The van der Waals surface area contributed by atoms with Crippen molar-refractivity contribution in [2.75, 3.05) is 24.7 Å². The predicted molar refractivity (Wildman–Crippen MR) is 213 cm³/mol. The number of rotatable bonds is 16. The third-order valence-electron chi connectivity index (χ3n) is 9.21. The van der Waals surface area contributed by atoms with Crippen molar-refractivity contribution in [3.8, 4) is 33.8 Å². The molecule has 0 spiro atoms. The molecule has 0 aliphatic carbocycles. The molecule has 0 bridgehead atoms. The van der Waals surface area contributed by atoms with Crippen LogP contribution in [0.25, 0.3) is 44.1 Å². The summed E-state index contributed by atoms with van der Waals surface area (Å²) in [6.07, 6.45) is 16.7. The number of benzene rings is 3. The first-order chi connectivity index (χ1) is 23.8. The molecule has 8 heteroatoms. The average molecular weight is 713 g/mol. The van der Waals surface area contributed by atoms with Crippen LogP contribution in [0.2, 0.25) is 0 Å². The summed E-state index contributed by atoms with van der Waals surface area (Å²) < 4.78 is 12.1. The number of fused-ring (bicyclic) bond motifs is 3. The molecule has 7 rings (SSSR count). The van der Waals surface area contributed by atoms with E-state index >= 15 is 0 Å². The van der Waals surface area contributed by atoms with Crippen molar-refractivity contribution in [2.45, 2.75) is 74.7 Å². The Hall–Kier alpha value is -2.52. The molecule has 2 atom stereocenters. The van der Waals surface area contributed by atoms with Crippen LogP contribution in [0.15, 0.2) is 85.2 Å². The maximum atomic E-state index is 6.03. The summed E-state index contributed by atoms with van der Waals surface area (Å²) >= 11 is 0. The molecular formula is C40H44N2O2S4. The lowest BCUT2D eigenvalue weighted by atomic mass is 10.0. The largest absolute Gasteiger partial charge is 0.494 e. The predicted octanol–water partition coefficient (Wildman–Crippen LogP) is 12.3. The minimum atomic E-state index is 0.782. The lowest BCUT2D eigenvalue weighted by Crippen LogP contribution is -2.00. The van der Waals surface area contributed by atoms with Gasteiger partial charge in [-0.25, -0.2) is 0 Å². The van der Waals surface area contributed by atoms with Gasteiger partial charge in [0.25, 0.3) is 0 Å². The Kier molecular flexibility index (Phi) is 12.3. The highest BCUT2D eigenvalue weighted by atomic mass is 33.1. The van der Waals surface area contributed by atoms with Crippen LogP contribution in [-0.2, 0) is 0 Å². The first kappa shape index (κ1) is 34.0. The summed E-state index contributed by atoms with van der Waals surface area (Å²) in [6, 6.07) is 25.6. The highest BCUT2D eigenvalue weighted by Gasteiger charge is 2.16. The number of unbranched alkanes of at least 4 members (excludes halogenated alkanes) is 4. The van der Waals surface area contributed by atoms with E-state index in [0.29, 0.717) is 0 Å². The zero-order valence-electron chi connectivity index (χ0n) is 27.5. The van der Waals surface area contributed by atoms with Gasteiger partial charge >= 0.3 is 0 Å². The molecule has 0 saturated carbocycles. The standard InChI is InChI=1S/C40H44N2O2S4/c1(3-7-37-19-23-45-47-37)5-21-43-35-15-11-29(12-16-35)33-25-31-9-10-32-26-34(28-42-40(32)39(31)41-27-33)30-13-17-36(18-14-30)44-22-6-2-4-8-38-20-24-46-48-38/h9-18,25-28,37-38H,1-8,19-24H2. The van der Waals surface area contributed by atoms with Crippen molar-refractivity contribution in [3.05, 3.63) is 85.2 Å². The van der Waals surface area contributed by atoms with E-state index in [2.05, 4.69) is 94.4 Å². The molecule has 0 radical (unpaired) electrons. The number of nitrogens with zero attached hydrogens (tertiary/aromatic N) is 2.